The SMILES string of the molecule is O=S(=O)(c1nc2n(n1)[C@H](c1cccc(F)c1)C[C@@H]2F)C1CC1. The number of halogens is 2. The van der Waals surface area contributed by atoms with E-state index >= 15 is 0 Å². The van der Waals surface area contributed by atoms with Crippen molar-refractivity contribution >= 4 is 9.84 Å². The van der Waals surface area contributed by atoms with E-state index in [2.05, 4.69) is 10.1 Å². The largest absolute Gasteiger partial charge is 0.267 e. The van der Waals surface area contributed by atoms with Gasteiger partial charge >= 0.3 is 0 Å². The third-order valence-corrected chi connectivity index (χ3v) is 6.13. The molecule has 2 heterocycles. The van der Waals surface area contributed by atoms with Crippen LogP contribution in [-0.2, 0) is 9.84 Å². The second-order valence-electron chi connectivity index (χ2n) is 5.72. The predicted molar refractivity (Wildman–Crippen MR) is 73.2 cm³/mol. The summed E-state index contributed by atoms with van der Waals surface area (Å²) in [5, 5.41) is 3.26. The van der Waals surface area contributed by atoms with Crippen LogP contribution in [0.2, 0.25) is 0 Å². The molecule has 2 atom stereocenters. The van der Waals surface area contributed by atoms with Crippen LogP contribution >= 0.6 is 0 Å². The first-order valence-electron chi connectivity index (χ1n) is 7.06. The molecule has 0 radical (unpaired) electrons. The molecule has 116 valence electrons. The molecule has 1 aromatic carbocycles. The van der Waals surface area contributed by atoms with Crippen molar-refractivity contribution in [2.45, 2.75) is 41.9 Å². The van der Waals surface area contributed by atoms with Gasteiger partial charge in [-0.25, -0.2) is 21.9 Å². The van der Waals surface area contributed by atoms with E-state index in [-0.39, 0.29) is 17.4 Å². The maximum atomic E-state index is 14.2. The number of rotatable bonds is 3. The number of hydrogen-bond acceptors (Lipinski definition) is 4. The van der Waals surface area contributed by atoms with Crippen molar-refractivity contribution in [3.05, 3.63) is 41.5 Å². The summed E-state index contributed by atoms with van der Waals surface area (Å²) in [7, 11) is -3.56. The second kappa shape index (κ2) is 4.58. The minimum atomic E-state index is -3.56. The Bertz CT molecular complexity index is 846. The lowest BCUT2D eigenvalue weighted by Gasteiger charge is -2.11. The molecule has 5 nitrogen and oxygen atoms in total. The molecule has 1 aromatic heterocycles. The molecule has 0 spiro atoms. The first-order valence-corrected chi connectivity index (χ1v) is 8.61. The molecule has 0 bridgehead atoms. The topological polar surface area (TPSA) is 64.8 Å². The quantitative estimate of drug-likeness (QED) is 0.869. The third kappa shape index (κ3) is 2.05. The fourth-order valence-electron chi connectivity index (χ4n) is 2.80. The van der Waals surface area contributed by atoms with E-state index in [1.165, 1.54) is 22.9 Å². The molecule has 1 fully saturated rings. The normalized spacial score (nSPS) is 24.5. The molecular formula is C14H13F2N3O2S. The molecule has 0 amide bonds. The van der Waals surface area contributed by atoms with E-state index in [0.29, 0.717) is 18.4 Å². The molecule has 1 aliphatic heterocycles. The summed E-state index contributed by atoms with van der Waals surface area (Å²) in [6.45, 7) is 0. The molecule has 22 heavy (non-hydrogen) atoms. The van der Waals surface area contributed by atoms with Gasteiger partial charge in [-0.3, -0.25) is 0 Å². The number of benzene rings is 1. The van der Waals surface area contributed by atoms with Crippen LogP contribution in [0.4, 0.5) is 8.78 Å². The number of alkyl halides is 1. The Labute approximate surface area is 125 Å². The smallest absolute Gasteiger partial charge is 0.239 e. The van der Waals surface area contributed by atoms with Gasteiger partial charge in [0.25, 0.3) is 5.16 Å². The van der Waals surface area contributed by atoms with E-state index < -0.39 is 33.1 Å². The average molecular weight is 325 g/mol. The van der Waals surface area contributed by atoms with Gasteiger partial charge in [0.2, 0.25) is 9.84 Å². The number of sulfone groups is 1. The summed E-state index contributed by atoms with van der Waals surface area (Å²) in [4.78, 5) is 3.90. The summed E-state index contributed by atoms with van der Waals surface area (Å²) < 4.78 is 53.2. The zero-order valence-corrected chi connectivity index (χ0v) is 12.3. The Morgan fingerprint density at radius 2 is 2.05 bits per heavy atom. The van der Waals surface area contributed by atoms with Crippen LogP contribution < -0.4 is 0 Å². The van der Waals surface area contributed by atoms with Crippen molar-refractivity contribution in [1.82, 2.24) is 14.8 Å². The Hall–Kier alpha value is -1.83. The first kappa shape index (κ1) is 13.8. The minimum Gasteiger partial charge on any atom is -0.239 e. The van der Waals surface area contributed by atoms with Crippen molar-refractivity contribution in [2.75, 3.05) is 0 Å². The van der Waals surface area contributed by atoms with Crippen molar-refractivity contribution in [3.8, 4) is 0 Å². The number of fused-ring (bicyclic) bond motifs is 1. The monoisotopic (exact) mass is 325 g/mol. The van der Waals surface area contributed by atoms with Gasteiger partial charge in [0.05, 0.1) is 11.3 Å². The molecule has 2 aromatic rings. The molecular weight excluding hydrogens is 312 g/mol. The maximum absolute atomic E-state index is 14.2. The van der Waals surface area contributed by atoms with Gasteiger partial charge in [-0.15, -0.1) is 5.10 Å². The predicted octanol–water partition coefficient (Wildman–Crippen LogP) is 2.36. The summed E-state index contributed by atoms with van der Waals surface area (Å²) >= 11 is 0. The molecule has 2 aliphatic rings. The van der Waals surface area contributed by atoms with Gasteiger partial charge in [0.15, 0.2) is 12.0 Å². The maximum Gasteiger partial charge on any atom is 0.267 e. The highest BCUT2D eigenvalue weighted by molar-refractivity contribution is 7.92. The highest BCUT2D eigenvalue weighted by Crippen LogP contribution is 2.41. The van der Waals surface area contributed by atoms with Gasteiger partial charge in [-0.05, 0) is 30.5 Å². The van der Waals surface area contributed by atoms with Crippen molar-refractivity contribution < 1.29 is 17.2 Å². The van der Waals surface area contributed by atoms with Crippen LogP contribution in [-0.4, -0.2) is 28.4 Å². The highest BCUT2D eigenvalue weighted by Gasteiger charge is 2.43. The summed E-state index contributed by atoms with van der Waals surface area (Å²) in [6.07, 6.45) is -0.122. The molecule has 8 heteroatoms. The van der Waals surface area contributed by atoms with Gasteiger partial charge in [-0.2, -0.15) is 4.98 Å². The Morgan fingerprint density at radius 3 is 2.73 bits per heavy atom. The standard InChI is InChI=1S/C14H13F2N3O2S/c15-9-3-1-2-8(6-9)12-7-11(16)13-17-14(18-19(12)13)22(20,21)10-4-5-10/h1-3,6,10-12H,4-5,7H2/t11-,12-/m0/s1. The Morgan fingerprint density at radius 1 is 1.27 bits per heavy atom. The summed E-state index contributed by atoms with van der Waals surface area (Å²) in [5.74, 6) is -0.416. The average Bonchev–Trinajstić information content (AvgIpc) is 3.16. The minimum absolute atomic E-state index is 0.00786. The van der Waals surface area contributed by atoms with Crippen LogP contribution in [0.1, 0.15) is 42.9 Å². The van der Waals surface area contributed by atoms with Crippen LogP contribution in [0.5, 0.6) is 0 Å². The van der Waals surface area contributed by atoms with Crippen LogP contribution in [0.15, 0.2) is 29.4 Å². The fraction of sp³-hybridized carbons (Fsp3) is 0.429. The third-order valence-electron chi connectivity index (χ3n) is 4.09. The number of nitrogens with zero attached hydrogens (tertiary/aromatic N) is 3. The Balaban J connectivity index is 1.77. The van der Waals surface area contributed by atoms with E-state index in [1.54, 1.807) is 6.07 Å². The molecule has 4 rings (SSSR count). The number of aromatic nitrogens is 3. The Kier molecular flexibility index (Phi) is 2.87. The first-order chi connectivity index (χ1) is 10.5. The van der Waals surface area contributed by atoms with Gasteiger partial charge in [0.1, 0.15) is 5.82 Å². The van der Waals surface area contributed by atoms with E-state index in [1.807, 2.05) is 0 Å². The van der Waals surface area contributed by atoms with Gasteiger partial charge in [-0.1, -0.05) is 12.1 Å². The highest BCUT2D eigenvalue weighted by atomic mass is 32.2. The van der Waals surface area contributed by atoms with Crippen molar-refractivity contribution in [2.24, 2.45) is 0 Å². The fourth-order valence-corrected chi connectivity index (χ4v) is 4.28. The molecule has 0 N–H and O–H groups in total. The van der Waals surface area contributed by atoms with Crippen molar-refractivity contribution in [1.29, 1.82) is 0 Å². The lowest BCUT2D eigenvalue weighted by Crippen LogP contribution is -2.12. The molecule has 0 saturated heterocycles. The van der Waals surface area contributed by atoms with Crippen LogP contribution in [0.25, 0.3) is 0 Å². The van der Waals surface area contributed by atoms with Gasteiger partial charge < -0.3 is 0 Å². The summed E-state index contributed by atoms with van der Waals surface area (Å²) in [6, 6.07) is 5.29. The lowest BCUT2D eigenvalue weighted by molar-refractivity contribution is 0.326. The van der Waals surface area contributed by atoms with Gasteiger partial charge in [0, 0.05) is 6.42 Å². The van der Waals surface area contributed by atoms with E-state index in [0.717, 1.165) is 0 Å². The van der Waals surface area contributed by atoms with Crippen LogP contribution in [0.3, 0.4) is 0 Å². The molecule has 0 unspecified atom stereocenters. The van der Waals surface area contributed by atoms with Crippen molar-refractivity contribution in [3.63, 3.8) is 0 Å². The van der Waals surface area contributed by atoms with Crippen LogP contribution in [0, 0.1) is 5.82 Å². The van der Waals surface area contributed by atoms with E-state index in [4.69, 9.17) is 0 Å². The number of hydrogen-bond donors (Lipinski definition) is 0. The molecule has 1 saturated carbocycles. The second-order valence-corrected chi connectivity index (χ2v) is 7.84. The zero-order chi connectivity index (χ0) is 15.5. The zero-order valence-electron chi connectivity index (χ0n) is 11.5. The molecule has 1 aliphatic carbocycles. The lowest BCUT2D eigenvalue weighted by atomic mass is 10.0. The summed E-state index contributed by atoms with van der Waals surface area (Å²) in [5.41, 5.74) is 0.557. The van der Waals surface area contributed by atoms with E-state index in [9.17, 15) is 17.2 Å².